The maximum Gasteiger partial charge on any atom is 0.274 e. The standard InChI is InChI=1S/C23H22N4O3/c1-15-22(25-26-27(15)17-8-6-9-18(13-17)29-2)23(28)24-14-20-19-10-5-4-7-16(19)11-12-21(20)30-3/h4-13H,14H2,1-3H3,(H,24,28). The van der Waals surface area contributed by atoms with Gasteiger partial charge in [-0.1, -0.05) is 41.6 Å². The summed E-state index contributed by atoms with van der Waals surface area (Å²) in [6.45, 7) is 2.13. The zero-order chi connectivity index (χ0) is 21.1. The van der Waals surface area contributed by atoms with Crippen molar-refractivity contribution in [2.24, 2.45) is 0 Å². The summed E-state index contributed by atoms with van der Waals surface area (Å²) < 4.78 is 12.4. The monoisotopic (exact) mass is 402 g/mol. The first-order valence-electron chi connectivity index (χ1n) is 9.52. The second-order valence-corrected chi connectivity index (χ2v) is 6.79. The van der Waals surface area contributed by atoms with Gasteiger partial charge in [0, 0.05) is 18.2 Å². The van der Waals surface area contributed by atoms with Crippen LogP contribution in [0.3, 0.4) is 0 Å². The molecule has 30 heavy (non-hydrogen) atoms. The number of fused-ring (bicyclic) bond motifs is 1. The van der Waals surface area contributed by atoms with Crippen LogP contribution in [0.2, 0.25) is 0 Å². The van der Waals surface area contributed by atoms with Gasteiger partial charge in [0.25, 0.3) is 5.91 Å². The number of nitrogens with zero attached hydrogens (tertiary/aromatic N) is 3. The molecular weight excluding hydrogens is 380 g/mol. The molecule has 7 heteroatoms. The predicted octanol–water partition coefficient (Wildman–Crippen LogP) is 3.68. The fourth-order valence-corrected chi connectivity index (χ4v) is 3.47. The van der Waals surface area contributed by atoms with Crippen LogP contribution in [-0.2, 0) is 6.54 Å². The van der Waals surface area contributed by atoms with Crippen LogP contribution in [0, 0.1) is 6.92 Å². The van der Waals surface area contributed by atoms with E-state index in [9.17, 15) is 4.79 Å². The van der Waals surface area contributed by atoms with Crippen molar-refractivity contribution in [1.29, 1.82) is 0 Å². The summed E-state index contributed by atoms with van der Waals surface area (Å²) >= 11 is 0. The highest BCUT2D eigenvalue weighted by Gasteiger charge is 2.18. The number of methoxy groups -OCH3 is 2. The van der Waals surface area contributed by atoms with Crippen molar-refractivity contribution in [3.8, 4) is 17.2 Å². The highest BCUT2D eigenvalue weighted by Crippen LogP contribution is 2.28. The smallest absolute Gasteiger partial charge is 0.274 e. The number of hydrogen-bond acceptors (Lipinski definition) is 5. The Morgan fingerprint density at radius 1 is 1.03 bits per heavy atom. The molecule has 4 aromatic rings. The van der Waals surface area contributed by atoms with Crippen molar-refractivity contribution in [3.05, 3.63) is 77.6 Å². The van der Waals surface area contributed by atoms with Gasteiger partial charge < -0.3 is 14.8 Å². The third-order valence-corrected chi connectivity index (χ3v) is 5.05. The van der Waals surface area contributed by atoms with Crippen LogP contribution in [0.1, 0.15) is 21.7 Å². The first kappa shape index (κ1) is 19.4. The Balaban J connectivity index is 1.59. The lowest BCUT2D eigenvalue weighted by Gasteiger charge is -2.13. The second-order valence-electron chi connectivity index (χ2n) is 6.79. The Labute approximate surface area is 174 Å². The molecule has 0 aliphatic heterocycles. The minimum Gasteiger partial charge on any atom is -0.497 e. The predicted molar refractivity (Wildman–Crippen MR) is 114 cm³/mol. The van der Waals surface area contributed by atoms with Crippen LogP contribution in [0.25, 0.3) is 16.5 Å². The zero-order valence-electron chi connectivity index (χ0n) is 17.0. The van der Waals surface area contributed by atoms with E-state index in [-0.39, 0.29) is 11.6 Å². The van der Waals surface area contributed by atoms with Gasteiger partial charge in [-0.2, -0.15) is 0 Å². The lowest BCUT2D eigenvalue weighted by atomic mass is 10.0. The van der Waals surface area contributed by atoms with Crippen molar-refractivity contribution >= 4 is 16.7 Å². The van der Waals surface area contributed by atoms with Gasteiger partial charge in [-0.25, -0.2) is 4.68 Å². The van der Waals surface area contributed by atoms with Crippen LogP contribution in [-0.4, -0.2) is 35.1 Å². The largest absolute Gasteiger partial charge is 0.497 e. The van der Waals surface area contributed by atoms with Gasteiger partial charge >= 0.3 is 0 Å². The summed E-state index contributed by atoms with van der Waals surface area (Å²) in [4.78, 5) is 12.8. The van der Waals surface area contributed by atoms with Gasteiger partial charge in [0.05, 0.1) is 25.6 Å². The molecule has 1 amide bonds. The number of carbonyl (C=O) groups is 1. The van der Waals surface area contributed by atoms with Crippen molar-refractivity contribution in [1.82, 2.24) is 20.3 Å². The lowest BCUT2D eigenvalue weighted by molar-refractivity contribution is 0.0945. The summed E-state index contributed by atoms with van der Waals surface area (Å²) in [6, 6.07) is 19.3. The summed E-state index contributed by atoms with van der Waals surface area (Å²) in [5, 5.41) is 13.3. The van der Waals surface area contributed by atoms with E-state index in [1.807, 2.05) is 67.6 Å². The number of aromatic nitrogens is 3. The molecule has 0 unspecified atom stereocenters. The maximum absolute atomic E-state index is 12.8. The highest BCUT2D eigenvalue weighted by atomic mass is 16.5. The number of carbonyl (C=O) groups excluding carboxylic acids is 1. The van der Waals surface area contributed by atoms with E-state index >= 15 is 0 Å². The molecule has 0 fully saturated rings. The number of hydrogen-bond donors (Lipinski definition) is 1. The van der Waals surface area contributed by atoms with Crippen molar-refractivity contribution in [3.63, 3.8) is 0 Å². The zero-order valence-corrected chi connectivity index (χ0v) is 17.0. The third-order valence-electron chi connectivity index (χ3n) is 5.05. The average Bonchev–Trinajstić information content (AvgIpc) is 3.18. The van der Waals surface area contributed by atoms with E-state index in [2.05, 4.69) is 15.6 Å². The van der Waals surface area contributed by atoms with Crippen LogP contribution >= 0.6 is 0 Å². The van der Waals surface area contributed by atoms with E-state index in [0.29, 0.717) is 18.0 Å². The van der Waals surface area contributed by atoms with Crippen LogP contribution in [0.5, 0.6) is 11.5 Å². The number of rotatable bonds is 6. The molecule has 3 aromatic carbocycles. The van der Waals surface area contributed by atoms with E-state index in [1.54, 1.807) is 18.9 Å². The average molecular weight is 402 g/mol. The van der Waals surface area contributed by atoms with Crippen LogP contribution in [0.15, 0.2) is 60.7 Å². The minimum atomic E-state index is -0.295. The summed E-state index contributed by atoms with van der Waals surface area (Å²) in [5.41, 5.74) is 2.61. The first-order valence-corrected chi connectivity index (χ1v) is 9.52. The minimum absolute atomic E-state index is 0.275. The van der Waals surface area contributed by atoms with Gasteiger partial charge in [-0.3, -0.25) is 4.79 Å². The molecule has 0 spiro atoms. The Kier molecular flexibility index (Phi) is 5.34. The Morgan fingerprint density at radius 3 is 2.67 bits per heavy atom. The van der Waals surface area contributed by atoms with Crippen molar-refractivity contribution in [2.75, 3.05) is 14.2 Å². The number of amides is 1. The van der Waals surface area contributed by atoms with Gasteiger partial charge in [0.1, 0.15) is 11.5 Å². The second kappa shape index (κ2) is 8.24. The molecule has 0 radical (unpaired) electrons. The molecule has 7 nitrogen and oxygen atoms in total. The molecule has 0 aliphatic rings. The topological polar surface area (TPSA) is 78.3 Å². The van der Waals surface area contributed by atoms with Gasteiger partial charge in [0.2, 0.25) is 0 Å². The molecule has 1 aromatic heterocycles. The summed E-state index contributed by atoms with van der Waals surface area (Å²) in [5.74, 6) is 1.14. The third kappa shape index (κ3) is 3.57. The van der Waals surface area contributed by atoms with Crippen LogP contribution in [0.4, 0.5) is 0 Å². The van der Waals surface area contributed by atoms with Crippen LogP contribution < -0.4 is 14.8 Å². The van der Waals surface area contributed by atoms with Gasteiger partial charge in [-0.15, -0.1) is 5.10 Å². The molecule has 0 saturated heterocycles. The normalized spacial score (nSPS) is 10.8. The number of ether oxygens (including phenoxy) is 2. The molecule has 0 aliphatic carbocycles. The fraction of sp³-hybridized carbons (Fsp3) is 0.174. The molecule has 4 rings (SSSR count). The van der Waals surface area contributed by atoms with Crippen molar-refractivity contribution < 1.29 is 14.3 Å². The van der Waals surface area contributed by atoms with Gasteiger partial charge in [-0.05, 0) is 35.9 Å². The fourth-order valence-electron chi connectivity index (χ4n) is 3.47. The molecule has 0 atom stereocenters. The molecule has 0 bridgehead atoms. The Hall–Kier alpha value is -3.87. The summed E-state index contributed by atoms with van der Waals surface area (Å²) in [7, 11) is 3.23. The summed E-state index contributed by atoms with van der Waals surface area (Å²) in [6.07, 6.45) is 0. The molecule has 1 N–H and O–H groups in total. The van der Waals surface area contributed by atoms with E-state index < -0.39 is 0 Å². The molecule has 1 heterocycles. The van der Waals surface area contributed by atoms with E-state index in [0.717, 1.165) is 27.8 Å². The molecule has 0 saturated carbocycles. The Bertz CT molecular complexity index is 1220. The number of nitrogens with one attached hydrogen (secondary N) is 1. The van der Waals surface area contributed by atoms with E-state index in [4.69, 9.17) is 9.47 Å². The molecular formula is C23H22N4O3. The SMILES string of the molecule is COc1cccc(-n2nnc(C(=O)NCc3c(OC)ccc4ccccc34)c2C)c1. The molecule has 152 valence electrons. The first-order chi connectivity index (χ1) is 14.6. The van der Waals surface area contributed by atoms with Crippen molar-refractivity contribution in [2.45, 2.75) is 13.5 Å². The highest BCUT2D eigenvalue weighted by molar-refractivity contribution is 5.94. The quantitative estimate of drug-likeness (QED) is 0.532. The van der Waals surface area contributed by atoms with Gasteiger partial charge in [0.15, 0.2) is 5.69 Å². The van der Waals surface area contributed by atoms with E-state index in [1.165, 1.54) is 0 Å². The maximum atomic E-state index is 12.8. The number of benzene rings is 3. The lowest BCUT2D eigenvalue weighted by Crippen LogP contribution is -2.24. The Morgan fingerprint density at radius 2 is 1.87 bits per heavy atom.